The van der Waals surface area contributed by atoms with Crippen molar-refractivity contribution >= 4 is 0 Å². The topological polar surface area (TPSA) is 29.9 Å². The van der Waals surface area contributed by atoms with E-state index in [2.05, 4.69) is 55.6 Å². The molecule has 2 aromatic rings. The third kappa shape index (κ3) is 2.87. The van der Waals surface area contributed by atoms with Crippen molar-refractivity contribution in [2.45, 2.75) is 33.2 Å². The Morgan fingerprint density at radius 2 is 2.00 bits per heavy atom. The third-order valence-electron chi connectivity index (χ3n) is 3.38. The molecule has 1 heterocycles. The van der Waals surface area contributed by atoms with Crippen LogP contribution in [0.15, 0.2) is 24.4 Å². The van der Waals surface area contributed by atoms with Crippen LogP contribution in [0.3, 0.4) is 0 Å². The molecule has 0 aliphatic rings. The largest absolute Gasteiger partial charge is 0.316 e. The molecule has 0 bridgehead atoms. The van der Waals surface area contributed by atoms with Gasteiger partial charge in [-0.2, -0.15) is 5.10 Å². The van der Waals surface area contributed by atoms with E-state index in [0.717, 1.165) is 6.54 Å². The molecule has 1 aromatic heterocycles. The van der Waals surface area contributed by atoms with Crippen LogP contribution in [0.25, 0.3) is 11.1 Å². The lowest BCUT2D eigenvalue weighted by molar-refractivity contribution is 0.713. The summed E-state index contributed by atoms with van der Waals surface area (Å²) in [6, 6.07) is 6.65. The maximum atomic E-state index is 4.60. The number of hydrogen-bond donors (Lipinski definition) is 1. The second-order valence-corrected chi connectivity index (χ2v) is 5.44. The van der Waals surface area contributed by atoms with Crippen LogP contribution < -0.4 is 5.32 Å². The Balaban J connectivity index is 2.54. The molecule has 0 fully saturated rings. The van der Waals surface area contributed by atoms with Crippen molar-refractivity contribution in [3.63, 3.8) is 0 Å². The molecule has 0 saturated heterocycles. The molecular formula is C16H23N3. The maximum absolute atomic E-state index is 4.60. The fourth-order valence-electron chi connectivity index (χ4n) is 2.41. The van der Waals surface area contributed by atoms with Gasteiger partial charge in [0.1, 0.15) is 0 Å². The smallest absolute Gasteiger partial charge is 0.0728 e. The van der Waals surface area contributed by atoms with Gasteiger partial charge >= 0.3 is 0 Å². The molecule has 0 unspecified atom stereocenters. The molecular weight excluding hydrogens is 234 g/mol. The molecule has 3 nitrogen and oxygen atoms in total. The Bertz CT molecular complexity index is 567. The van der Waals surface area contributed by atoms with E-state index in [4.69, 9.17) is 0 Å². The highest BCUT2D eigenvalue weighted by Gasteiger charge is 2.15. The monoisotopic (exact) mass is 257 g/mol. The van der Waals surface area contributed by atoms with Crippen LogP contribution in [0.4, 0.5) is 0 Å². The zero-order chi connectivity index (χ0) is 14.0. The Morgan fingerprint density at radius 1 is 1.26 bits per heavy atom. The van der Waals surface area contributed by atoms with E-state index in [1.807, 2.05) is 18.8 Å². The highest BCUT2D eigenvalue weighted by molar-refractivity contribution is 5.70. The first-order valence-corrected chi connectivity index (χ1v) is 6.81. The van der Waals surface area contributed by atoms with Gasteiger partial charge in [-0.15, -0.1) is 0 Å². The van der Waals surface area contributed by atoms with Crippen molar-refractivity contribution in [2.75, 3.05) is 7.05 Å². The molecule has 102 valence electrons. The minimum Gasteiger partial charge on any atom is -0.316 e. The second-order valence-electron chi connectivity index (χ2n) is 5.44. The molecule has 0 radical (unpaired) electrons. The Labute approximate surface area is 115 Å². The Kier molecular flexibility index (Phi) is 4.05. The van der Waals surface area contributed by atoms with Gasteiger partial charge in [-0.25, -0.2) is 0 Å². The van der Waals surface area contributed by atoms with Crippen molar-refractivity contribution in [2.24, 2.45) is 7.05 Å². The Morgan fingerprint density at radius 3 is 2.63 bits per heavy atom. The molecule has 0 aliphatic heterocycles. The highest BCUT2D eigenvalue weighted by Crippen LogP contribution is 2.31. The zero-order valence-corrected chi connectivity index (χ0v) is 12.5. The van der Waals surface area contributed by atoms with Crippen LogP contribution in [0, 0.1) is 6.92 Å². The van der Waals surface area contributed by atoms with E-state index in [9.17, 15) is 0 Å². The van der Waals surface area contributed by atoms with Crippen LogP contribution in [-0.4, -0.2) is 16.8 Å². The molecule has 0 amide bonds. The van der Waals surface area contributed by atoms with E-state index in [1.54, 1.807) is 0 Å². The first kappa shape index (κ1) is 13.8. The van der Waals surface area contributed by atoms with Gasteiger partial charge in [-0.05, 0) is 42.6 Å². The predicted molar refractivity (Wildman–Crippen MR) is 80.2 cm³/mol. The van der Waals surface area contributed by atoms with Crippen molar-refractivity contribution in [3.8, 4) is 11.1 Å². The fraction of sp³-hybridized carbons (Fsp3) is 0.438. The molecule has 0 atom stereocenters. The number of rotatable bonds is 4. The lowest BCUT2D eigenvalue weighted by Crippen LogP contribution is -2.05. The van der Waals surface area contributed by atoms with Crippen LogP contribution >= 0.6 is 0 Å². The van der Waals surface area contributed by atoms with Gasteiger partial charge in [0.25, 0.3) is 0 Å². The van der Waals surface area contributed by atoms with E-state index in [1.165, 1.54) is 27.9 Å². The van der Waals surface area contributed by atoms with Crippen molar-refractivity contribution in [1.82, 2.24) is 15.1 Å². The van der Waals surface area contributed by atoms with E-state index >= 15 is 0 Å². The number of nitrogens with one attached hydrogen (secondary N) is 1. The molecule has 0 spiro atoms. The summed E-state index contributed by atoms with van der Waals surface area (Å²) < 4.78 is 1.91. The first-order chi connectivity index (χ1) is 9.02. The average Bonchev–Trinajstić information content (AvgIpc) is 2.74. The van der Waals surface area contributed by atoms with Crippen molar-refractivity contribution in [3.05, 3.63) is 41.2 Å². The number of aromatic nitrogens is 2. The van der Waals surface area contributed by atoms with Crippen molar-refractivity contribution in [1.29, 1.82) is 0 Å². The van der Waals surface area contributed by atoms with Gasteiger partial charge in [0.05, 0.1) is 5.69 Å². The fourth-order valence-corrected chi connectivity index (χ4v) is 2.41. The second kappa shape index (κ2) is 5.57. The maximum Gasteiger partial charge on any atom is 0.0728 e. The lowest BCUT2D eigenvalue weighted by Gasteiger charge is -2.10. The van der Waals surface area contributed by atoms with E-state index in [0.29, 0.717) is 5.92 Å². The van der Waals surface area contributed by atoms with Crippen LogP contribution in [0.5, 0.6) is 0 Å². The van der Waals surface area contributed by atoms with Crippen LogP contribution in [0.1, 0.15) is 36.6 Å². The number of hydrogen-bond acceptors (Lipinski definition) is 2. The summed E-state index contributed by atoms with van der Waals surface area (Å²) in [5.74, 6) is 0.434. The van der Waals surface area contributed by atoms with Crippen LogP contribution in [-0.2, 0) is 13.6 Å². The van der Waals surface area contributed by atoms with Crippen LogP contribution in [0.2, 0.25) is 0 Å². The van der Waals surface area contributed by atoms with Gasteiger partial charge in [-0.3, -0.25) is 4.68 Å². The molecule has 0 aliphatic carbocycles. The number of benzene rings is 1. The molecule has 1 N–H and O–H groups in total. The summed E-state index contributed by atoms with van der Waals surface area (Å²) in [5.41, 5.74) is 6.33. The highest BCUT2D eigenvalue weighted by atomic mass is 15.3. The average molecular weight is 257 g/mol. The summed E-state index contributed by atoms with van der Waals surface area (Å²) in [6.07, 6.45) is 2.13. The summed E-state index contributed by atoms with van der Waals surface area (Å²) in [7, 11) is 3.96. The van der Waals surface area contributed by atoms with E-state index in [-0.39, 0.29) is 0 Å². The van der Waals surface area contributed by atoms with Gasteiger partial charge in [0.2, 0.25) is 0 Å². The minimum absolute atomic E-state index is 0.434. The number of aryl methyl sites for hydroxylation is 2. The van der Waals surface area contributed by atoms with Gasteiger partial charge in [0.15, 0.2) is 0 Å². The molecule has 0 saturated carbocycles. The molecule has 3 heteroatoms. The standard InChI is InChI=1S/C16H23N3/c1-11(2)16-15(10-19(5)18-16)14-8-13(9-17-4)7-6-12(14)3/h6-8,10-11,17H,9H2,1-5H3. The van der Waals surface area contributed by atoms with Gasteiger partial charge in [0, 0.05) is 25.4 Å². The van der Waals surface area contributed by atoms with E-state index < -0.39 is 0 Å². The summed E-state index contributed by atoms with van der Waals surface area (Å²) >= 11 is 0. The number of nitrogens with zero attached hydrogens (tertiary/aromatic N) is 2. The predicted octanol–water partition coefficient (Wildman–Crippen LogP) is 3.24. The lowest BCUT2D eigenvalue weighted by atomic mass is 9.95. The SMILES string of the molecule is CNCc1ccc(C)c(-c2cn(C)nc2C(C)C)c1. The van der Waals surface area contributed by atoms with Gasteiger partial charge in [-0.1, -0.05) is 26.0 Å². The summed E-state index contributed by atoms with van der Waals surface area (Å²) in [5, 5.41) is 7.81. The normalized spacial score (nSPS) is 11.3. The summed E-state index contributed by atoms with van der Waals surface area (Å²) in [6.45, 7) is 7.44. The first-order valence-electron chi connectivity index (χ1n) is 6.81. The summed E-state index contributed by atoms with van der Waals surface area (Å²) in [4.78, 5) is 0. The molecule has 2 rings (SSSR count). The van der Waals surface area contributed by atoms with Crippen molar-refractivity contribution < 1.29 is 0 Å². The minimum atomic E-state index is 0.434. The zero-order valence-electron chi connectivity index (χ0n) is 12.5. The third-order valence-corrected chi connectivity index (χ3v) is 3.38. The Hall–Kier alpha value is -1.61. The quantitative estimate of drug-likeness (QED) is 0.911. The van der Waals surface area contributed by atoms with Gasteiger partial charge < -0.3 is 5.32 Å². The molecule has 1 aromatic carbocycles. The molecule has 19 heavy (non-hydrogen) atoms.